The third-order valence-electron chi connectivity index (χ3n) is 8.06. The quantitative estimate of drug-likeness (QED) is 0.117. The van der Waals surface area contributed by atoms with Crippen LogP contribution in [0.5, 0.6) is 40.2 Å². The molecule has 9 nitrogen and oxygen atoms in total. The Kier molecular flexibility index (Phi) is 51.7. The van der Waals surface area contributed by atoms with E-state index in [-0.39, 0.29) is 99.0 Å². The van der Waals surface area contributed by atoms with Gasteiger partial charge in [0, 0.05) is 16.7 Å². The van der Waals surface area contributed by atoms with Crippen LogP contribution in [0, 0.1) is 0 Å². The monoisotopic (exact) mass is 933 g/mol. The molecule has 0 aromatic heterocycles. The van der Waals surface area contributed by atoms with Crippen LogP contribution in [-0.4, -0.2) is 52.9 Å². The van der Waals surface area contributed by atoms with E-state index >= 15 is 0 Å². The number of ketones is 3. The molecule has 0 radical (unpaired) electrons. The summed E-state index contributed by atoms with van der Waals surface area (Å²) in [7, 11) is 8.21. The Balaban J connectivity index is -0.0000000918. The van der Waals surface area contributed by atoms with Crippen LogP contribution in [0.2, 0.25) is 0 Å². The smallest absolute Gasteiger partial charge is 0.159 e. The highest BCUT2D eigenvalue weighted by molar-refractivity contribution is 5.97. The summed E-state index contributed by atoms with van der Waals surface area (Å²) in [6, 6.07) is 44.6. The van der Waals surface area contributed by atoms with Gasteiger partial charge in [0.2, 0.25) is 0 Å². The van der Waals surface area contributed by atoms with Gasteiger partial charge in [0.15, 0.2) is 17.3 Å². The fraction of sp³-hybridized carbons (Fsp3) is 0.328. The Morgan fingerprint density at radius 1 is 0.254 bits per heavy atom. The van der Waals surface area contributed by atoms with E-state index in [1.165, 1.54) is 25.0 Å². The lowest BCUT2D eigenvalue weighted by atomic mass is 10.1. The summed E-state index contributed by atoms with van der Waals surface area (Å²) in [4.78, 5) is 32.5. The summed E-state index contributed by atoms with van der Waals surface area (Å²) in [5.74, 6) is 5.80. The maximum atomic E-state index is 10.8. The van der Waals surface area contributed by atoms with Crippen molar-refractivity contribution in [3.63, 3.8) is 0 Å². The van der Waals surface area contributed by atoms with Gasteiger partial charge < -0.3 is 28.4 Å². The molecule has 0 unspecified atom stereocenters. The number of carbonyl (C=O) groups excluding carboxylic acids is 3. The van der Waals surface area contributed by atoms with Gasteiger partial charge in [-0.25, -0.2) is 0 Å². The van der Waals surface area contributed by atoms with Crippen LogP contribution in [0.4, 0.5) is 0 Å². The second-order valence-corrected chi connectivity index (χ2v) is 11.9. The standard InChI is InChI=1S/C14H14O3.C14H14O2.C10H10O2.C9H10O2.11CH4/c1-15-11-3-7-13(8-4-11)17-14-9-5-12(16-2)6-10-14;1-15-13-7-3-11(4-8-13)12-5-9-14(16-2)10-6-12;1-7(11)9-3-5-10(6-4-9)8(2)12;1-7(10)8-3-5-9(11-2)6-4-8;;;;;;;;;;;/h3-10H,1-2H3;3-10H,1-2H3;3-6H,1-2H3;3-6H,1-2H3;11*1H4. The number of ether oxygens (including phenoxy) is 6. The van der Waals surface area contributed by atoms with Crippen molar-refractivity contribution in [1.82, 2.24) is 0 Å². The van der Waals surface area contributed by atoms with E-state index in [0.29, 0.717) is 16.7 Å². The highest BCUT2D eigenvalue weighted by atomic mass is 16.5. The number of rotatable bonds is 11. The molecule has 6 rings (SSSR count). The maximum absolute atomic E-state index is 10.8. The number of carbonyl (C=O) groups is 3. The fourth-order valence-electron chi connectivity index (χ4n) is 4.76. The number of hydrogen-bond acceptors (Lipinski definition) is 9. The minimum Gasteiger partial charge on any atom is -0.497 e. The van der Waals surface area contributed by atoms with Gasteiger partial charge in [-0.3, -0.25) is 14.4 Å². The number of methoxy groups -OCH3 is 5. The average Bonchev–Trinajstić information content (AvgIpc) is 3.25. The zero-order valence-corrected chi connectivity index (χ0v) is 33.0. The van der Waals surface area contributed by atoms with Crippen LogP contribution < -0.4 is 28.4 Å². The molecule has 0 atom stereocenters. The minimum atomic E-state index is 0. The second-order valence-electron chi connectivity index (χ2n) is 11.9. The average molecular weight is 933 g/mol. The number of Topliss-reactive ketones (excluding diaryl/α,β-unsaturated/α-hetero) is 3. The molecule has 6 aromatic carbocycles. The van der Waals surface area contributed by atoms with Crippen LogP contribution >= 0.6 is 0 Å². The largest absolute Gasteiger partial charge is 0.497 e. The van der Waals surface area contributed by atoms with Crippen molar-refractivity contribution in [1.29, 1.82) is 0 Å². The van der Waals surface area contributed by atoms with E-state index in [1.807, 2.05) is 97.1 Å². The van der Waals surface area contributed by atoms with Gasteiger partial charge in [-0.15, -0.1) is 0 Å². The first-order valence-corrected chi connectivity index (χ1v) is 17.5. The van der Waals surface area contributed by atoms with Gasteiger partial charge in [-0.05, 0) is 129 Å². The normalized spacial score (nSPS) is 8.06. The summed E-state index contributed by atoms with van der Waals surface area (Å²) in [5.41, 5.74) is 4.33. The molecular weight excluding hydrogens is 841 g/mol. The van der Waals surface area contributed by atoms with Crippen molar-refractivity contribution >= 4 is 17.3 Å². The van der Waals surface area contributed by atoms with Gasteiger partial charge in [-0.1, -0.05) is 130 Å². The van der Waals surface area contributed by atoms with E-state index in [4.69, 9.17) is 28.4 Å². The molecule has 0 saturated heterocycles. The molecule has 0 bridgehead atoms. The van der Waals surface area contributed by atoms with Gasteiger partial charge in [0.05, 0.1) is 35.5 Å². The molecule has 0 aliphatic rings. The Bertz CT molecular complexity index is 1950. The topological polar surface area (TPSA) is 107 Å². The minimum absolute atomic E-state index is 0. The third kappa shape index (κ3) is 27.9. The molecule has 67 heavy (non-hydrogen) atoms. The summed E-state index contributed by atoms with van der Waals surface area (Å²) < 4.78 is 31.0. The molecule has 0 aliphatic heterocycles. The van der Waals surface area contributed by atoms with Crippen molar-refractivity contribution in [2.75, 3.05) is 35.5 Å². The van der Waals surface area contributed by atoms with Crippen LogP contribution in [-0.2, 0) is 0 Å². The van der Waals surface area contributed by atoms with E-state index in [0.717, 1.165) is 40.2 Å². The zero-order chi connectivity index (χ0) is 40.9. The lowest BCUT2D eigenvalue weighted by Gasteiger charge is -2.07. The highest BCUT2D eigenvalue weighted by Gasteiger charge is 2.02. The van der Waals surface area contributed by atoms with Crippen molar-refractivity contribution in [2.45, 2.75) is 102 Å². The molecule has 378 valence electrons. The molecule has 0 heterocycles. The molecule has 0 N–H and O–H groups in total. The second kappa shape index (κ2) is 43.0. The SMILES string of the molecule is C.C.C.C.C.C.C.C.C.C.C.CC(=O)c1ccc(C(C)=O)cc1.COc1ccc(-c2ccc(OC)cc2)cc1.COc1ccc(C(C)=O)cc1.COc1ccc(Oc2ccc(OC)cc2)cc1. The first kappa shape index (κ1) is 80.4. The molecule has 0 saturated carbocycles. The van der Waals surface area contributed by atoms with Crippen LogP contribution in [0.15, 0.2) is 146 Å². The Morgan fingerprint density at radius 2 is 0.403 bits per heavy atom. The van der Waals surface area contributed by atoms with E-state index < -0.39 is 0 Å². The summed E-state index contributed by atoms with van der Waals surface area (Å²) in [5, 5.41) is 0. The molecule has 0 amide bonds. The Hall–Kier alpha value is -6.87. The molecule has 0 fully saturated rings. The Labute approximate surface area is 410 Å². The first-order valence-electron chi connectivity index (χ1n) is 17.5. The molecule has 9 heteroatoms. The van der Waals surface area contributed by atoms with Crippen molar-refractivity contribution in [3.05, 3.63) is 162 Å². The molecule has 0 spiro atoms. The highest BCUT2D eigenvalue weighted by Crippen LogP contribution is 2.26. The van der Waals surface area contributed by atoms with Gasteiger partial charge in [0.1, 0.15) is 40.2 Å². The van der Waals surface area contributed by atoms with E-state index in [1.54, 1.807) is 91.0 Å². The van der Waals surface area contributed by atoms with Crippen molar-refractivity contribution in [2.24, 2.45) is 0 Å². The summed E-state index contributed by atoms with van der Waals surface area (Å²) in [6.45, 7) is 4.55. The summed E-state index contributed by atoms with van der Waals surface area (Å²) in [6.07, 6.45) is 0. The molecular formula is C58H92O9. The van der Waals surface area contributed by atoms with E-state index in [9.17, 15) is 14.4 Å². The summed E-state index contributed by atoms with van der Waals surface area (Å²) >= 11 is 0. The van der Waals surface area contributed by atoms with Crippen molar-refractivity contribution in [3.8, 4) is 51.4 Å². The van der Waals surface area contributed by atoms with Crippen molar-refractivity contribution < 1.29 is 42.8 Å². The molecule has 0 aliphatic carbocycles. The van der Waals surface area contributed by atoms with Crippen LogP contribution in [0.1, 0.15) is 134 Å². The predicted octanol–water partition coefficient (Wildman–Crippen LogP) is 17.9. The molecule has 6 aromatic rings. The maximum Gasteiger partial charge on any atom is 0.159 e. The Morgan fingerprint density at radius 3 is 0.582 bits per heavy atom. The number of benzene rings is 6. The number of hydrogen-bond donors (Lipinski definition) is 0. The predicted molar refractivity (Wildman–Crippen MR) is 295 cm³/mol. The van der Waals surface area contributed by atoms with Gasteiger partial charge in [0.25, 0.3) is 0 Å². The third-order valence-corrected chi connectivity index (χ3v) is 8.06. The zero-order valence-electron chi connectivity index (χ0n) is 33.0. The van der Waals surface area contributed by atoms with Gasteiger partial charge >= 0.3 is 0 Å². The van der Waals surface area contributed by atoms with E-state index in [2.05, 4.69) is 0 Å². The van der Waals surface area contributed by atoms with Crippen LogP contribution in [0.25, 0.3) is 11.1 Å². The fourth-order valence-corrected chi connectivity index (χ4v) is 4.76. The van der Waals surface area contributed by atoms with Crippen LogP contribution in [0.3, 0.4) is 0 Å². The first-order chi connectivity index (χ1) is 27.0. The lowest BCUT2D eigenvalue weighted by molar-refractivity contribution is 0.100. The van der Waals surface area contributed by atoms with Gasteiger partial charge in [-0.2, -0.15) is 0 Å². The lowest BCUT2D eigenvalue weighted by Crippen LogP contribution is -1.95.